The Bertz CT molecular complexity index is 723. The Morgan fingerprint density at radius 2 is 2.00 bits per heavy atom. The van der Waals surface area contributed by atoms with Crippen LogP contribution in [0.1, 0.15) is 32.4 Å². The van der Waals surface area contributed by atoms with Gasteiger partial charge >= 0.3 is 0 Å². The third kappa shape index (κ3) is 7.84. The second-order valence-electron chi connectivity index (χ2n) is 6.44. The van der Waals surface area contributed by atoms with Crippen LogP contribution in [0.15, 0.2) is 53.8 Å². The highest BCUT2D eigenvalue weighted by Gasteiger charge is 2.09. The predicted octanol–water partition coefficient (Wildman–Crippen LogP) is 2.54. The summed E-state index contributed by atoms with van der Waals surface area (Å²) < 4.78 is 11.3. The molecular weight excluding hydrogens is 356 g/mol. The van der Waals surface area contributed by atoms with Gasteiger partial charge in [-0.2, -0.15) is 0 Å². The minimum absolute atomic E-state index is 0.0869. The molecule has 7 nitrogen and oxygen atoms in total. The zero-order valence-electron chi connectivity index (χ0n) is 16.8. The van der Waals surface area contributed by atoms with E-state index in [0.717, 1.165) is 23.6 Å². The maximum Gasteiger partial charge on any atom is 0.191 e. The van der Waals surface area contributed by atoms with Gasteiger partial charge in [0.05, 0.1) is 31.5 Å². The number of aliphatic imine (C=N–C) groups is 1. The summed E-state index contributed by atoms with van der Waals surface area (Å²) in [6.45, 7) is 7.96. The molecule has 0 fully saturated rings. The van der Waals surface area contributed by atoms with Crippen molar-refractivity contribution in [2.24, 2.45) is 4.99 Å². The van der Waals surface area contributed by atoms with Crippen LogP contribution in [-0.2, 0) is 0 Å². The van der Waals surface area contributed by atoms with E-state index in [0.29, 0.717) is 19.1 Å². The Labute approximate surface area is 166 Å². The fourth-order valence-corrected chi connectivity index (χ4v) is 2.46. The number of aliphatic hydroxyl groups is 1. The number of nitrogens with one attached hydrogen (secondary N) is 2. The lowest BCUT2D eigenvalue weighted by Gasteiger charge is -2.15. The first-order chi connectivity index (χ1) is 13.6. The molecular formula is C21H30N4O3. The molecule has 2 rings (SSSR count). The van der Waals surface area contributed by atoms with Crippen molar-refractivity contribution in [1.29, 1.82) is 0 Å². The minimum Gasteiger partial charge on any atom is -0.491 e. The van der Waals surface area contributed by atoms with Crippen molar-refractivity contribution >= 4 is 5.96 Å². The number of guanidine groups is 1. The monoisotopic (exact) mass is 386 g/mol. The highest BCUT2D eigenvalue weighted by Crippen LogP contribution is 2.20. The lowest BCUT2D eigenvalue weighted by atomic mass is 10.1. The van der Waals surface area contributed by atoms with Crippen molar-refractivity contribution < 1.29 is 14.6 Å². The van der Waals surface area contributed by atoms with E-state index in [1.165, 1.54) is 0 Å². The van der Waals surface area contributed by atoms with E-state index in [1.54, 1.807) is 12.4 Å². The van der Waals surface area contributed by atoms with Crippen molar-refractivity contribution in [2.45, 2.75) is 33.0 Å². The molecule has 152 valence electrons. The van der Waals surface area contributed by atoms with E-state index < -0.39 is 6.10 Å². The Hall–Kier alpha value is -2.80. The SMILES string of the molecule is CCNC(=NCC(O)c1cccc(OC(C)C)c1)NCCOc1cccnc1. The molecule has 3 N–H and O–H groups in total. The summed E-state index contributed by atoms with van der Waals surface area (Å²) in [5.41, 5.74) is 0.776. The van der Waals surface area contributed by atoms with Gasteiger partial charge in [-0.05, 0) is 50.6 Å². The van der Waals surface area contributed by atoms with Gasteiger partial charge in [0.1, 0.15) is 18.1 Å². The number of rotatable bonds is 10. The Morgan fingerprint density at radius 3 is 2.71 bits per heavy atom. The summed E-state index contributed by atoms with van der Waals surface area (Å²) in [6, 6.07) is 11.2. The van der Waals surface area contributed by atoms with E-state index in [1.807, 2.05) is 57.2 Å². The van der Waals surface area contributed by atoms with Gasteiger partial charge in [0.2, 0.25) is 0 Å². The number of aromatic nitrogens is 1. The van der Waals surface area contributed by atoms with Gasteiger partial charge in [0.25, 0.3) is 0 Å². The van der Waals surface area contributed by atoms with E-state index in [2.05, 4.69) is 20.6 Å². The number of aliphatic hydroxyl groups excluding tert-OH is 1. The van der Waals surface area contributed by atoms with Crippen LogP contribution < -0.4 is 20.1 Å². The summed E-state index contributed by atoms with van der Waals surface area (Å²) in [5.74, 6) is 2.10. The molecule has 2 aromatic rings. The van der Waals surface area contributed by atoms with Crippen LogP contribution in [0, 0.1) is 0 Å². The van der Waals surface area contributed by atoms with Gasteiger partial charge in [-0.1, -0.05) is 12.1 Å². The van der Waals surface area contributed by atoms with Crippen molar-refractivity contribution in [3.05, 3.63) is 54.4 Å². The predicted molar refractivity (Wildman–Crippen MR) is 111 cm³/mol. The molecule has 1 atom stereocenters. The summed E-state index contributed by atoms with van der Waals surface area (Å²) in [7, 11) is 0. The molecule has 1 heterocycles. The molecule has 1 unspecified atom stereocenters. The zero-order chi connectivity index (χ0) is 20.2. The van der Waals surface area contributed by atoms with E-state index in [-0.39, 0.29) is 12.6 Å². The molecule has 28 heavy (non-hydrogen) atoms. The zero-order valence-corrected chi connectivity index (χ0v) is 16.8. The van der Waals surface area contributed by atoms with E-state index >= 15 is 0 Å². The molecule has 1 aromatic heterocycles. The van der Waals surface area contributed by atoms with Crippen LogP contribution in [0.25, 0.3) is 0 Å². The average molecular weight is 386 g/mol. The molecule has 0 amide bonds. The number of pyridine rings is 1. The van der Waals surface area contributed by atoms with Gasteiger partial charge in [0.15, 0.2) is 5.96 Å². The Morgan fingerprint density at radius 1 is 1.18 bits per heavy atom. The molecule has 0 spiro atoms. The van der Waals surface area contributed by atoms with Crippen molar-refractivity contribution in [1.82, 2.24) is 15.6 Å². The van der Waals surface area contributed by atoms with Gasteiger partial charge < -0.3 is 25.2 Å². The van der Waals surface area contributed by atoms with Crippen LogP contribution in [-0.4, -0.2) is 48.4 Å². The van der Waals surface area contributed by atoms with Gasteiger partial charge in [-0.25, -0.2) is 0 Å². The summed E-state index contributed by atoms with van der Waals surface area (Å²) in [5, 5.41) is 16.8. The normalized spacial score (nSPS) is 12.5. The minimum atomic E-state index is -0.710. The summed E-state index contributed by atoms with van der Waals surface area (Å²) in [6.07, 6.45) is 2.76. The van der Waals surface area contributed by atoms with Crippen molar-refractivity contribution in [3.63, 3.8) is 0 Å². The smallest absolute Gasteiger partial charge is 0.191 e. The van der Waals surface area contributed by atoms with Crippen molar-refractivity contribution in [3.8, 4) is 11.5 Å². The van der Waals surface area contributed by atoms with Crippen LogP contribution >= 0.6 is 0 Å². The van der Waals surface area contributed by atoms with Crippen LogP contribution in [0.4, 0.5) is 0 Å². The second kappa shape index (κ2) is 11.8. The summed E-state index contributed by atoms with van der Waals surface area (Å²) in [4.78, 5) is 8.47. The first-order valence-electron chi connectivity index (χ1n) is 9.58. The number of benzene rings is 1. The fraction of sp³-hybridized carbons (Fsp3) is 0.429. The Kier molecular flexibility index (Phi) is 9.07. The molecule has 0 saturated carbocycles. The fourth-order valence-electron chi connectivity index (χ4n) is 2.46. The van der Waals surface area contributed by atoms with Crippen LogP contribution in [0.3, 0.4) is 0 Å². The van der Waals surface area contributed by atoms with Gasteiger partial charge in [-0.3, -0.25) is 9.98 Å². The van der Waals surface area contributed by atoms with Crippen LogP contribution in [0.5, 0.6) is 11.5 Å². The first-order valence-corrected chi connectivity index (χ1v) is 9.58. The molecule has 0 saturated heterocycles. The van der Waals surface area contributed by atoms with Gasteiger partial charge in [0, 0.05) is 12.7 Å². The molecule has 0 aliphatic rings. The number of nitrogens with zero attached hydrogens (tertiary/aromatic N) is 2. The number of ether oxygens (including phenoxy) is 2. The number of hydrogen-bond acceptors (Lipinski definition) is 5. The molecule has 0 bridgehead atoms. The van der Waals surface area contributed by atoms with E-state index in [9.17, 15) is 5.11 Å². The first kappa shape index (κ1) is 21.5. The standard InChI is InChI=1S/C21H30N4O3/c1-4-23-21(24-11-12-27-19-9-6-10-22-14-19)25-15-20(26)17-7-5-8-18(13-17)28-16(2)3/h5-10,13-14,16,20,26H,4,11-12,15H2,1-3H3,(H2,23,24,25). The molecule has 0 aliphatic carbocycles. The van der Waals surface area contributed by atoms with Gasteiger partial charge in [-0.15, -0.1) is 0 Å². The largest absolute Gasteiger partial charge is 0.491 e. The van der Waals surface area contributed by atoms with Crippen molar-refractivity contribution in [2.75, 3.05) is 26.2 Å². The average Bonchev–Trinajstić information content (AvgIpc) is 2.69. The lowest BCUT2D eigenvalue weighted by Crippen LogP contribution is -2.39. The third-order valence-electron chi connectivity index (χ3n) is 3.68. The maximum atomic E-state index is 10.5. The highest BCUT2D eigenvalue weighted by atomic mass is 16.5. The molecule has 7 heteroatoms. The maximum absolute atomic E-state index is 10.5. The molecule has 0 aliphatic heterocycles. The Balaban J connectivity index is 1.85. The quantitative estimate of drug-likeness (QED) is 0.330. The third-order valence-corrected chi connectivity index (χ3v) is 3.68. The summed E-state index contributed by atoms with van der Waals surface area (Å²) >= 11 is 0. The highest BCUT2D eigenvalue weighted by molar-refractivity contribution is 5.79. The second-order valence-corrected chi connectivity index (χ2v) is 6.44. The lowest BCUT2D eigenvalue weighted by molar-refractivity contribution is 0.185. The topological polar surface area (TPSA) is 88.0 Å². The van der Waals surface area contributed by atoms with E-state index in [4.69, 9.17) is 9.47 Å². The van der Waals surface area contributed by atoms with Crippen LogP contribution in [0.2, 0.25) is 0 Å². The molecule has 0 radical (unpaired) electrons. The molecule has 1 aromatic carbocycles. The number of hydrogen-bond donors (Lipinski definition) is 3.